The van der Waals surface area contributed by atoms with Gasteiger partial charge in [0.25, 0.3) is 0 Å². The number of carboxylic acids is 2. The maximum absolute atomic E-state index is 9.90. The van der Waals surface area contributed by atoms with E-state index in [1.165, 1.54) is 96.3 Å². The van der Waals surface area contributed by atoms with Crippen molar-refractivity contribution in [3.63, 3.8) is 0 Å². The lowest BCUT2D eigenvalue weighted by Gasteiger charge is -2.24. The Labute approximate surface area is 193 Å². The third kappa shape index (κ3) is 28.9. The molecule has 1 atom stereocenters. The van der Waals surface area contributed by atoms with Crippen molar-refractivity contribution in [1.29, 1.82) is 0 Å². The van der Waals surface area contributed by atoms with Gasteiger partial charge in [-0.25, -0.2) is 0 Å². The fourth-order valence-corrected chi connectivity index (χ4v) is 3.71. The van der Waals surface area contributed by atoms with Crippen molar-refractivity contribution in [3.8, 4) is 0 Å². The fraction of sp³-hybridized carbons (Fsp3) is 0.923. The highest BCUT2D eigenvalue weighted by Crippen LogP contribution is 2.17. The Kier molecular flexibility index (Phi) is 26.0. The number of unbranched alkanes of at least 4 members (excludes halogenated alkanes) is 12. The standard InChI is InChI=1S/C20H43N.C6H10O4/c1-5-7-9-11-13-15-17-19-20(21(3)4)18-16-14-12-10-8-6-2;7-5(8)3-1-2-4-6(9)10/h20H,5-19H2,1-4H3;1-4H2,(H,7,8)(H,9,10). The van der Waals surface area contributed by atoms with Crippen LogP contribution in [0, 0.1) is 0 Å². The van der Waals surface area contributed by atoms with E-state index in [9.17, 15) is 9.59 Å². The molecular formula is C26H53NO4. The predicted octanol–water partition coefficient (Wildman–Crippen LogP) is 7.52. The first-order valence-corrected chi connectivity index (χ1v) is 12.9. The maximum Gasteiger partial charge on any atom is 0.303 e. The molecule has 0 saturated heterocycles. The molecule has 0 aliphatic heterocycles. The third-order valence-electron chi connectivity index (χ3n) is 5.79. The van der Waals surface area contributed by atoms with Crippen LogP contribution in [0.25, 0.3) is 0 Å². The van der Waals surface area contributed by atoms with Gasteiger partial charge in [0.05, 0.1) is 0 Å². The average Bonchev–Trinajstić information content (AvgIpc) is 2.71. The molecule has 0 radical (unpaired) electrons. The SMILES string of the molecule is CCCCCCCCCC(CCCCCCCC)N(C)C.O=C(O)CCCCC(=O)O. The molecule has 0 aromatic heterocycles. The van der Waals surface area contributed by atoms with E-state index < -0.39 is 11.9 Å². The van der Waals surface area contributed by atoms with Gasteiger partial charge < -0.3 is 15.1 Å². The molecule has 0 amide bonds. The largest absolute Gasteiger partial charge is 0.481 e. The molecule has 0 fully saturated rings. The van der Waals surface area contributed by atoms with Crippen molar-refractivity contribution in [2.24, 2.45) is 0 Å². The molecule has 0 heterocycles. The highest BCUT2D eigenvalue weighted by Gasteiger charge is 2.10. The minimum Gasteiger partial charge on any atom is -0.481 e. The molecule has 5 nitrogen and oxygen atoms in total. The number of nitrogens with zero attached hydrogens (tertiary/aromatic N) is 1. The second kappa shape index (κ2) is 25.2. The Bertz CT molecular complexity index is 383. The van der Waals surface area contributed by atoms with Crippen LogP contribution in [0.5, 0.6) is 0 Å². The molecule has 0 aromatic rings. The van der Waals surface area contributed by atoms with E-state index in [-0.39, 0.29) is 12.8 Å². The Balaban J connectivity index is 0. The van der Waals surface area contributed by atoms with E-state index in [0.717, 1.165) is 6.04 Å². The summed E-state index contributed by atoms with van der Waals surface area (Å²) >= 11 is 0. The topological polar surface area (TPSA) is 77.8 Å². The molecule has 0 aromatic carbocycles. The minimum atomic E-state index is -0.870. The lowest BCUT2D eigenvalue weighted by atomic mass is 9.99. The summed E-state index contributed by atoms with van der Waals surface area (Å²) in [5.74, 6) is -1.74. The summed E-state index contributed by atoms with van der Waals surface area (Å²) in [6, 6.07) is 0.826. The summed E-state index contributed by atoms with van der Waals surface area (Å²) in [7, 11) is 4.53. The molecule has 0 spiro atoms. The van der Waals surface area contributed by atoms with Crippen LogP contribution in [-0.4, -0.2) is 47.2 Å². The summed E-state index contributed by atoms with van der Waals surface area (Å²) in [5, 5.41) is 16.3. The van der Waals surface area contributed by atoms with Gasteiger partial charge in [-0.1, -0.05) is 97.3 Å². The zero-order chi connectivity index (χ0) is 23.7. The van der Waals surface area contributed by atoms with Gasteiger partial charge in [-0.05, 0) is 39.8 Å². The van der Waals surface area contributed by atoms with Crippen molar-refractivity contribution in [2.75, 3.05) is 14.1 Å². The highest BCUT2D eigenvalue weighted by molar-refractivity contribution is 5.67. The highest BCUT2D eigenvalue weighted by atomic mass is 16.4. The van der Waals surface area contributed by atoms with Gasteiger partial charge in [-0.3, -0.25) is 9.59 Å². The Morgan fingerprint density at radius 3 is 1.19 bits per heavy atom. The average molecular weight is 444 g/mol. The molecule has 186 valence electrons. The van der Waals surface area contributed by atoms with Gasteiger partial charge in [0.2, 0.25) is 0 Å². The summed E-state index contributed by atoms with van der Waals surface area (Å²) < 4.78 is 0. The maximum atomic E-state index is 9.90. The van der Waals surface area contributed by atoms with E-state index in [1.54, 1.807) is 0 Å². The fourth-order valence-electron chi connectivity index (χ4n) is 3.71. The number of aliphatic carboxylic acids is 2. The van der Waals surface area contributed by atoms with Gasteiger partial charge >= 0.3 is 11.9 Å². The van der Waals surface area contributed by atoms with Crippen LogP contribution >= 0.6 is 0 Å². The van der Waals surface area contributed by atoms with Crippen molar-refractivity contribution in [1.82, 2.24) is 4.90 Å². The Morgan fingerprint density at radius 1 is 0.581 bits per heavy atom. The van der Waals surface area contributed by atoms with Crippen LogP contribution in [0.1, 0.15) is 136 Å². The molecule has 0 aliphatic rings. The van der Waals surface area contributed by atoms with Crippen LogP contribution in [0.3, 0.4) is 0 Å². The first kappa shape index (κ1) is 32.1. The molecule has 31 heavy (non-hydrogen) atoms. The molecule has 1 unspecified atom stereocenters. The van der Waals surface area contributed by atoms with E-state index in [1.807, 2.05) is 0 Å². The van der Waals surface area contributed by atoms with Crippen molar-refractivity contribution in [3.05, 3.63) is 0 Å². The van der Waals surface area contributed by atoms with Crippen LogP contribution in [0.4, 0.5) is 0 Å². The lowest BCUT2D eigenvalue weighted by molar-refractivity contribution is -0.139. The van der Waals surface area contributed by atoms with E-state index in [0.29, 0.717) is 12.8 Å². The quantitative estimate of drug-likeness (QED) is 0.179. The molecule has 0 rings (SSSR count). The van der Waals surface area contributed by atoms with Gasteiger partial charge in [0, 0.05) is 18.9 Å². The molecular weight excluding hydrogens is 390 g/mol. The Hall–Kier alpha value is -1.10. The van der Waals surface area contributed by atoms with E-state index >= 15 is 0 Å². The van der Waals surface area contributed by atoms with E-state index in [2.05, 4.69) is 32.8 Å². The second-order valence-electron chi connectivity index (χ2n) is 9.08. The minimum absolute atomic E-state index is 0.0628. The number of carbonyl (C=O) groups is 2. The monoisotopic (exact) mass is 443 g/mol. The van der Waals surface area contributed by atoms with Crippen LogP contribution < -0.4 is 0 Å². The summed E-state index contributed by atoms with van der Waals surface area (Å²) in [4.78, 5) is 22.3. The first-order chi connectivity index (χ1) is 14.8. The zero-order valence-electron chi connectivity index (χ0n) is 21.2. The van der Waals surface area contributed by atoms with Crippen LogP contribution in [0.15, 0.2) is 0 Å². The Morgan fingerprint density at radius 2 is 0.903 bits per heavy atom. The molecule has 2 N–H and O–H groups in total. The molecule has 0 aliphatic carbocycles. The van der Waals surface area contributed by atoms with Gasteiger partial charge in [0.15, 0.2) is 0 Å². The number of hydrogen-bond donors (Lipinski definition) is 2. The number of carboxylic acid groups (broad SMARTS) is 2. The number of hydrogen-bond acceptors (Lipinski definition) is 3. The summed E-state index contributed by atoms with van der Waals surface area (Å²) in [5.41, 5.74) is 0. The number of rotatable bonds is 21. The first-order valence-electron chi connectivity index (χ1n) is 12.9. The van der Waals surface area contributed by atoms with Crippen molar-refractivity contribution < 1.29 is 19.8 Å². The molecule has 0 saturated carbocycles. The smallest absolute Gasteiger partial charge is 0.303 e. The van der Waals surface area contributed by atoms with Gasteiger partial charge in [-0.15, -0.1) is 0 Å². The summed E-state index contributed by atoms with van der Waals surface area (Å²) in [6.07, 6.45) is 22.4. The van der Waals surface area contributed by atoms with Crippen LogP contribution in [-0.2, 0) is 9.59 Å². The van der Waals surface area contributed by atoms with Crippen molar-refractivity contribution in [2.45, 2.75) is 142 Å². The van der Waals surface area contributed by atoms with Crippen molar-refractivity contribution >= 4 is 11.9 Å². The van der Waals surface area contributed by atoms with E-state index in [4.69, 9.17) is 10.2 Å². The third-order valence-corrected chi connectivity index (χ3v) is 5.79. The lowest BCUT2D eigenvalue weighted by Crippen LogP contribution is -2.27. The summed E-state index contributed by atoms with van der Waals surface area (Å²) in [6.45, 7) is 4.59. The molecule has 0 bridgehead atoms. The normalized spacial score (nSPS) is 11.8. The molecule has 5 heteroatoms. The zero-order valence-corrected chi connectivity index (χ0v) is 21.2. The van der Waals surface area contributed by atoms with Gasteiger partial charge in [0.1, 0.15) is 0 Å². The van der Waals surface area contributed by atoms with Gasteiger partial charge in [-0.2, -0.15) is 0 Å². The second-order valence-corrected chi connectivity index (χ2v) is 9.08. The predicted molar refractivity (Wildman–Crippen MR) is 132 cm³/mol. The van der Waals surface area contributed by atoms with Crippen LogP contribution in [0.2, 0.25) is 0 Å².